The summed E-state index contributed by atoms with van der Waals surface area (Å²) in [6, 6.07) is 16.5. The first-order valence-corrected chi connectivity index (χ1v) is 12.1. The van der Waals surface area contributed by atoms with E-state index in [1.165, 1.54) is 34.4 Å². The highest BCUT2D eigenvalue weighted by molar-refractivity contribution is 7.21. The molecule has 0 saturated carbocycles. The number of nitrogens with zero attached hydrogens (tertiary/aromatic N) is 2. The van der Waals surface area contributed by atoms with E-state index in [-0.39, 0.29) is 18.7 Å². The van der Waals surface area contributed by atoms with Gasteiger partial charge in [-0.05, 0) is 35.2 Å². The lowest BCUT2D eigenvalue weighted by atomic mass is 10.1. The van der Waals surface area contributed by atoms with Crippen LogP contribution in [-0.4, -0.2) is 9.55 Å². The van der Waals surface area contributed by atoms with E-state index in [1.807, 2.05) is 53.2 Å². The highest BCUT2D eigenvalue weighted by Crippen LogP contribution is 2.37. The summed E-state index contributed by atoms with van der Waals surface area (Å²) >= 11 is 3.03. The molecule has 0 fully saturated rings. The Labute approximate surface area is 196 Å². The topological polar surface area (TPSA) is 53.4 Å². The Morgan fingerprint density at radius 2 is 2.03 bits per heavy atom. The van der Waals surface area contributed by atoms with Gasteiger partial charge in [0.15, 0.2) is 0 Å². The molecular formula is C25H17FN2O3S2. The number of hydrogen-bond donors (Lipinski definition) is 0. The minimum Gasteiger partial charge on any atom is -0.460 e. The molecule has 1 aliphatic heterocycles. The SMILES string of the molecule is O=c1c2cc(-c3ccccc3)sc2ncn1Cc1cc(F)cc2c1O[C@@H](c1ccsc1)OC2. The molecular weight excluding hydrogens is 459 g/mol. The second kappa shape index (κ2) is 8.22. The van der Waals surface area contributed by atoms with E-state index in [1.54, 1.807) is 11.3 Å². The minimum atomic E-state index is -0.560. The van der Waals surface area contributed by atoms with Crippen LogP contribution in [0.1, 0.15) is 23.0 Å². The van der Waals surface area contributed by atoms with E-state index in [0.717, 1.165) is 16.0 Å². The van der Waals surface area contributed by atoms with E-state index in [0.29, 0.717) is 27.1 Å². The maximum Gasteiger partial charge on any atom is 0.262 e. The van der Waals surface area contributed by atoms with Gasteiger partial charge < -0.3 is 9.47 Å². The fourth-order valence-corrected chi connectivity index (χ4v) is 5.62. The Balaban J connectivity index is 1.38. The third kappa shape index (κ3) is 3.76. The maximum absolute atomic E-state index is 14.4. The van der Waals surface area contributed by atoms with Gasteiger partial charge in [-0.25, -0.2) is 9.37 Å². The average molecular weight is 477 g/mol. The smallest absolute Gasteiger partial charge is 0.262 e. The van der Waals surface area contributed by atoms with Crippen molar-refractivity contribution in [2.24, 2.45) is 0 Å². The van der Waals surface area contributed by atoms with Gasteiger partial charge in [0.05, 0.1) is 24.9 Å². The first kappa shape index (κ1) is 20.3. The fraction of sp³-hybridized carbons (Fsp3) is 0.120. The van der Waals surface area contributed by atoms with Gasteiger partial charge in [-0.1, -0.05) is 30.3 Å². The van der Waals surface area contributed by atoms with Crippen molar-refractivity contribution in [2.45, 2.75) is 19.4 Å². The lowest BCUT2D eigenvalue weighted by molar-refractivity contribution is -0.111. The highest BCUT2D eigenvalue weighted by atomic mass is 32.1. The summed E-state index contributed by atoms with van der Waals surface area (Å²) in [4.78, 5) is 19.4. The molecule has 1 aliphatic rings. The number of rotatable bonds is 4. The summed E-state index contributed by atoms with van der Waals surface area (Å²) in [6.07, 6.45) is 0.957. The van der Waals surface area contributed by atoms with Gasteiger partial charge in [0.2, 0.25) is 6.29 Å². The van der Waals surface area contributed by atoms with E-state index >= 15 is 0 Å². The van der Waals surface area contributed by atoms with Crippen molar-refractivity contribution < 1.29 is 13.9 Å². The number of fused-ring (bicyclic) bond motifs is 2. The molecule has 6 rings (SSSR count). The van der Waals surface area contributed by atoms with E-state index < -0.39 is 12.1 Å². The maximum atomic E-state index is 14.4. The van der Waals surface area contributed by atoms with Crippen LogP contribution in [0.15, 0.2) is 76.5 Å². The highest BCUT2D eigenvalue weighted by Gasteiger charge is 2.26. The standard InChI is InChI=1S/C25H17FN2O3S2/c26-19-8-17(22-18(9-19)12-30-25(31-22)16-6-7-32-13-16)11-28-14-27-23-20(24(28)29)10-21(33-23)15-4-2-1-3-5-15/h1-10,13-14,25H,11-12H2/t25-/m0/s1. The molecule has 5 nitrogen and oxygen atoms in total. The van der Waals surface area contributed by atoms with Crippen LogP contribution in [-0.2, 0) is 17.9 Å². The van der Waals surface area contributed by atoms with Crippen molar-refractivity contribution in [2.75, 3.05) is 0 Å². The normalized spacial score (nSPS) is 15.4. The van der Waals surface area contributed by atoms with Crippen molar-refractivity contribution in [1.29, 1.82) is 0 Å². The van der Waals surface area contributed by atoms with Gasteiger partial charge in [0, 0.05) is 26.9 Å². The fourth-order valence-electron chi connectivity index (χ4n) is 3.97. The van der Waals surface area contributed by atoms with Crippen LogP contribution in [0.3, 0.4) is 0 Å². The van der Waals surface area contributed by atoms with Gasteiger partial charge in [-0.2, -0.15) is 11.3 Å². The number of halogens is 1. The molecule has 0 bridgehead atoms. The lowest BCUT2D eigenvalue weighted by Gasteiger charge is -2.28. The van der Waals surface area contributed by atoms with Gasteiger partial charge >= 0.3 is 0 Å². The molecule has 0 N–H and O–H groups in total. The molecule has 0 radical (unpaired) electrons. The Morgan fingerprint density at radius 3 is 2.85 bits per heavy atom. The summed E-state index contributed by atoms with van der Waals surface area (Å²) < 4.78 is 27.7. The molecule has 8 heteroatoms. The third-order valence-electron chi connectivity index (χ3n) is 5.56. The first-order valence-electron chi connectivity index (χ1n) is 10.3. The third-order valence-corrected chi connectivity index (χ3v) is 7.35. The van der Waals surface area contributed by atoms with E-state index in [2.05, 4.69) is 4.98 Å². The molecule has 1 atom stereocenters. The molecule has 5 aromatic rings. The van der Waals surface area contributed by atoms with Crippen molar-refractivity contribution in [3.63, 3.8) is 0 Å². The Hall–Kier alpha value is -3.33. The van der Waals surface area contributed by atoms with Crippen molar-refractivity contribution >= 4 is 32.9 Å². The number of ether oxygens (including phenoxy) is 2. The van der Waals surface area contributed by atoms with Crippen LogP contribution >= 0.6 is 22.7 Å². The predicted octanol–water partition coefficient (Wildman–Crippen LogP) is 5.98. The first-order chi connectivity index (χ1) is 16.2. The second-order valence-corrected chi connectivity index (χ2v) is 9.55. The number of aromatic nitrogens is 2. The number of thiophene rings is 2. The predicted molar refractivity (Wildman–Crippen MR) is 127 cm³/mol. The minimum absolute atomic E-state index is 0.148. The molecule has 3 aromatic heterocycles. The summed E-state index contributed by atoms with van der Waals surface area (Å²) in [5.74, 6) is 0.162. The summed E-state index contributed by atoms with van der Waals surface area (Å²) in [5.41, 5.74) is 2.99. The van der Waals surface area contributed by atoms with Gasteiger partial charge in [-0.3, -0.25) is 9.36 Å². The van der Waals surface area contributed by atoms with Crippen LogP contribution in [0, 0.1) is 5.82 Å². The van der Waals surface area contributed by atoms with Crippen LogP contribution < -0.4 is 10.3 Å². The molecule has 164 valence electrons. The molecule has 0 amide bonds. The quantitative estimate of drug-likeness (QED) is 0.320. The second-order valence-electron chi connectivity index (χ2n) is 7.74. The molecule has 0 unspecified atom stereocenters. The van der Waals surface area contributed by atoms with Gasteiger partial charge in [0.1, 0.15) is 16.4 Å². The summed E-state index contributed by atoms with van der Waals surface area (Å²) in [7, 11) is 0. The van der Waals surface area contributed by atoms with Crippen LogP contribution in [0.2, 0.25) is 0 Å². The van der Waals surface area contributed by atoms with Gasteiger partial charge in [0.25, 0.3) is 5.56 Å². The van der Waals surface area contributed by atoms with E-state index in [4.69, 9.17) is 9.47 Å². The zero-order valence-electron chi connectivity index (χ0n) is 17.2. The molecule has 2 aromatic carbocycles. The Morgan fingerprint density at radius 1 is 1.15 bits per heavy atom. The zero-order valence-corrected chi connectivity index (χ0v) is 18.9. The van der Waals surface area contributed by atoms with Crippen LogP contribution in [0.5, 0.6) is 5.75 Å². The van der Waals surface area contributed by atoms with Gasteiger partial charge in [-0.15, -0.1) is 11.3 Å². The number of hydrogen-bond acceptors (Lipinski definition) is 6. The van der Waals surface area contributed by atoms with Crippen LogP contribution in [0.25, 0.3) is 20.7 Å². The largest absolute Gasteiger partial charge is 0.460 e. The number of benzene rings is 2. The van der Waals surface area contributed by atoms with Crippen molar-refractivity contribution in [1.82, 2.24) is 9.55 Å². The monoisotopic (exact) mass is 476 g/mol. The van der Waals surface area contributed by atoms with Crippen molar-refractivity contribution in [3.05, 3.63) is 105 Å². The van der Waals surface area contributed by atoms with E-state index in [9.17, 15) is 9.18 Å². The molecule has 0 spiro atoms. The average Bonchev–Trinajstić information content (AvgIpc) is 3.52. The zero-order chi connectivity index (χ0) is 22.4. The summed E-state index contributed by atoms with van der Waals surface area (Å²) in [5, 5.41) is 4.46. The van der Waals surface area contributed by atoms with Crippen LogP contribution in [0.4, 0.5) is 4.39 Å². The summed E-state index contributed by atoms with van der Waals surface area (Å²) in [6.45, 7) is 0.381. The molecule has 0 aliphatic carbocycles. The molecule has 4 heterocycles. The molecule has 33 heavy (non-hydrogen) atoms. The Bertz CT molecular complexity index is 1510. The molecule has 0 saturated heterocycles. The van der Waals surface area contributed by atoms with Crippen molar-refractivity contribution in [3.8, 4) is 16.2 Å². The Kier molecular flexibility index (Phi) is 5.05. The lowest BCUT2D eigenvalue weighted by Crippen LogP contribution is -2.23.